The number of anilines is 1. The molecule has 0 saturated heterocycles. The normalized spacial score (nSPS) is 12.6. The third-order valence-corrected chi connectivity index (χ3v) is 2.78. The Bertz CT molecular complexity index is 482. The van der Waals surface area contributed by atoms with Crippen LogP contribution in [0.1, 0.15) is 13.3 Å². The summed E-state index contributed by atoms with van der Waals surface area (Å²) in [6.45, 7) is 3.14. The van der Waals surface area contributed by atoms with Gasteiger partial charge in [0.2, 0.25) is 0 Å². The van der Waals surface area contributed by atoms with E-state index < -0.39 is 0 Å². The average molecular weight is 231 g/mol. The van der Waals surface area contributed by atoms with Gasteiger partial charge in [0.05, 0.1) is 5.52 Å². The lowest BCUT2D eigenvalue weighted by molar-refractivity contribution is 0.266. The number of aromatic nitrogens is 2. The van der Waals surface area contributed by atoms with Crippen LogP contribution in [0.5, 0.6) is 0 Å². The van der Waals surface area contributed by atoms with Gasteiger partial charge in [-0.05, 0) is 24.5 Å². The fourth-order valence-corrected chi connectivity index (χ4v) is 1.74. The van der Waals surface area contributed by atoms with E-state index in [9.17, 15) is 0 Å². The summed E-state index contributed by atoms with van der Waals surface area (Å²) in [6, 6.07) is 7.93. The maximum atomic E-state index is 8.85. The molecule has 2 aromatic rings. The summed E-state index contributed by atoms with van der Waals surface area (Å²) >= 11 is 0. The molecule has 2 N–H and O–H groups in total. The van der Waals surface area contributed by atoms with E-state index in [1.54, 1.807) is 6.33 Å². The highest BCUT2D eigenvalue weighted by atomic mass is 16.3. The van der Waals surface area contributed by atoms with Gasteiger partial charge in [-0.15, -0.1) is 0 Å². The second kappa shape index (κ2) is 5.59. The molecule has 1 heterocycles. The molecule has 4 nitrogen and oxygen atoms in total. The van der Waals surface area contributed by atoms with Crippen LogP contribution in [-0.4, -0.2) is 28.2 Å². The van der Waals surface area contributed by atoms with E-state index in [1.807, 2.05) is 24.3 Å². The van der Waals surface area contributed by atoms with Gasteiger partial charge >= 0.3 is 0 Å². The molecule has 0 fully saturated rings. The molecule has 90 valence electrons. The van der Waals surface area contributed by atoms with Crippen molar-refractivity contribution in [2.75, 3.05) is 18.5 Å². The van der Waals surface area contributed by atoms with Crippen molar-refractivity contribution in [3.05, 3.63) is 30.6 Å². The Morgan fingerprint density at radius 2 is 2.12 bits per heavy atom. The van der Waals surface area contributed by atoms with Crippen LogP contribution in [-0.2, 0) is 0 Å². The van der Waals surface area contributed by atoms with Gasteiger partial charge in [0, 0.05) is 18.5 Å². The van der Waals surface area contributed by atoms with E-state index in [2.05, 4.69) is 22.2 Å². The minimum absolute atomic E-state index is 0.230. The number of rotatable bonds is 5. The van der Waals surface area contributed by atoms with Gasteiger partial charge in [-0.25, -0.2) is 9.97 Å². The molecule has 0 aliphatic carbocycles. The molecule has 1 aromatic carbocycles. The SMILES string of the molecule is CC(CCO)CNc1ncnc2ccccc12. The van der Waals surface area contributed by atoms with Crippen molar-refractivity contribution >= 4 is 16.7 Å². The third kappa shape index (κ3) is 2.91. The minimum atomic E-state index is 0.230. The van der Waals surface area contributed by atoms with Crippen LogP contribution in [0.3, 0.4) is 0 Å². The van der Waals surface area contributed by atoms with Gasteiger partial charge in [-0.1, -0.05) is 19.1 Å². The molecule has 0 saturated carbocycles. The monoisotopic (exact) mass is 231 g/mol. The van der Waals surface area contributed by atoms with Crippen LogP contribution in [0.4, 0.5) is 5.82 Å². The molecular weight excluding hydrogens is 214 g/mol. The highest BCUT2D eigenvalue weighted by Gasteiger charge is 2.05. The van der Waals surface area contributed by atoms with E-state index in [1.165, 1.54) is 0 Å². The van der Waals surface area contributed by atoms with E-state index in [0.717, 1.165) is 29.7 Å². The van der Waals surface area contributed by atoms with Crippen molar-refractivity contribution < 1.29 is 5.11 Å². The maximum absolute atomic E-state index is 8.85. The van der Waals surface area contributed by atoms with Gasteiger partial charge in [0.15, 0.2) is 0 Å². The Morgan fingerprint density at radius 1 is 1.29 bits per heavy atom. The van der Waals surface area contributed by atoms with E-state index in [0.29, 0.717) is 5.92 Å². The minimum Gasteiger partial charge on any atom is -0.396 e. The fourth-order valence-electron chi connectivity index (χ4n) is 1.74. The van der Waals surface area contributed by atoms with Crippen molar-refractivity contribution in [1.29, 1.82) is 0 Å². The predicted octanol–water partition coefficient (Wildman–Crippen LogP) is 2.06. The molecule has 0 aliphatic rings. The summed E-state index contributed by atoms with van der Waals surface area (Å²) in [4.78, 5) is 8.47. The highest BCUT2D eigenvalue weighted by molar-refractivity contribution is 5.88. The second-order valence-electron chi connectivity index (χ2n) is 4.24. The van der Waals surface area contributed by atoms with Gasteiger partial charge in [0.25, 0.3) is 0 Å². The molecule has 4 heteroatoms. The molecule has 0 spiro atoms. The van der Waals surface area contributed by atoms with Crippen molar-refractivity contribution in [2.24, 2.45) is 5.92 Å². The van der Waals surface area contributed by atoms with Crippen LogP contribution in [0.25, 0.3) is 10.9 Å². The van der Waals surface area contributed by atoms with Crippen molar-refractivity contribution in [1.82, 2.24) is 9.97 Å². The third-order valence-electron chi connectivity index (χ3n) is 2.78. The summed E-state index contributed by atoms with van der Waals surface area (Å²) in [5, 5.41) is 13.2. The lowest BCUT2D eigenvalue weighted by atomic mass is 10.1. The average Bonchev–Trinajstić information content (AvgIpc) is 2.36. The van der Waals surface area contributed by atoms with Crippen molar-refractivity contribution in [3.8, 4) is 0 Å². The Morgan fingerprint density at radius 3 is 2.94 bits per heavy atom. The molecule has 2 rings (SSSR count). The topological polar surface area (TPSA) is 58.0 Å². The van der Waals surface area contributed by atoms with Crippen molar-refractivity contribution in [3.63, 3.8) is 0 Å². The first-order chi connectivity index (χ1) is 8.31. The molecule has 0 aliphatic heterocycles. The Kier molecular flexibility index (Phi) is 3.88. The van der Waals surface area contributed by atoms with E-state index in [-0.39, 0.29) is 6.61 Å². The fraction of sp³-hybridized carbons (Fsp3) is 0.385. The number of hydrogen-bond donors (Lipinski definition) is 2. The van der Waals surface area contributed by atoms with Crippen molar-refractivity contribution in [2.45, 2.75) is 13.3 Å². The molecule has 1 unspecified atom stereocenters. The maximum Gasteiger partial charge on any atom is 0.137 e. The second-order valence-corrected chi connectivity index (χ2v) is 4.24. The summed E-state index contributed by atoms with van der Waals surface area (Å²) in [5.74, 6) is 1.29. The largest absolute Gasteiger partial charge is 0.396 e. The molecule has 0 radical (unpaired) electrons. The zero-order valence-corrected chi connectivity index (χ0v) is 9.93. The number of aliphatic hydroxyl groups is 1. The van der Waals surface area contributed by atoms with E-state index in [4.69, 9.17) is 5.11 Å². The summed E-state index contributed by atoms with van der Waals surface area (Å²) in [7, 11) is 0. The molecule has 0 amide bonds. The molecular formula is C13H17N3O. The lowest BCUT2D eigenvalue weighted by Gasteiger charge is -2.12. The quantitative estimate of drug-likeness (QED) is 0.827. The first-order valence-electron chi connectivity index (χ1n) is 5.85. The van der Waals surface area contributed by atoms with Crippen LogP contribution < -0.4 is 5.32 Å². The zero-order chi connectivity index (χ0) is 12.1. The highest BCUT2D eigenvalue weighted by Crippen LogP contribution is 2.18. The summed E-state index contributed by atoms with van der Waals surface area (Å²) in [5.41, 5.74) is 0.944. The van der Waals surface area contributed by atoms with Crippen LogP contribution >= 0.6 is 0 Å². The van der Waals surface area contributed by atoms with E-state index >= 15 is 0 Å². The standard InChI is InChI=1S/C13H17N3O/c1-10(6-7-17)8-14-13-11-4-2-3-5-12(11)15-9-16-13/h2-5,9-10,17H,6-8H2,1H3,(H,14,15,16). The number of nitrogens with one attached hydrogen (secondary N) is 1. The Labute approximate surface area is 101 Å². The van der Waals surface area contributed by atoms with Gasteiger partial charge in [0.1, 0.15) is 12.1 Å². The lowest BCUT2D eigenvalue weighted by Crippen LogP contribution is -2.13. The zero-order valence-electron chi connectivity index (χ0n) is 9.93. The van der Waals surface area contributed by atoms with Crippen LogP contribution in [0.15, 0.2) is 30.6 Å². The molecule has 1 aromatic heterocycles. The van der Waals surface area contributed by atoms with Gasteiger partial charge in [-0.2, -0.15) is 0 Å². The number of para-hydroxylation sites is 1. The number of hydrogen-bond acceptors (Lipinski definition) is 4. The van der Waals surface area contributed by atoms with Crippen LogP contribution in [0.2, 0.25) is 0 Å². The predicted molar refractivity (Wildman–Crippen MR) is 68.9 cm³/mol. The molecule has 0 bridgehead atoms. The number of nitrogens with zero attached hydrogens (tertiary/aromatic N) is 2. The Balaban J connectivity index is 2.13. The molecule has 1 atom stereocenters. The first-order valence-corrected chi connectivity index (χ1v) is 5.85. The smallest absolute Gasteiger partial charge is 0.137 e. The number of fused-ring (bicyclic) bond motifs is 1. The molecule has 17 heavy (non-hydrogen) atoms. The summed E-state index contributed by atoms with van der Waals surface area (Å²) < 4.78 is 0. The summed E-state index contributed by atoms with van der Waals surface area (Å²) in [6.07, 6.45) is 2.37. The first kappa shape index (κ1) is 11.8. The van der Waals surface area contributed by atoms with Crippen LogP contribution in [0, 0.1) is 5.92 Å². The number of benzene rings is 1. The number of aliphatic hydroxyl groups excluding tert-OH is 1. The Hall–Kier alpha value is -1.68. The van der Waals surface area contributed by atoms with Gasteiger partial charge < -0.3 is 10.4 Å². The van der Waals surface area contributed by atoms with Gasteiger partial charge in [-0.3, -0.25) is 0 Å².